The summed E-state index contributed by atoms with van der Waals surface area (Å²) in [6.45, 7) is 3.96. The van der Waals surface area contributed by atoms with Gasteiger partial charge in [0.05, 0.1) is 18.7 Å². The first-order valence-electron chi connectivity index (χ1n) is 9.59. The van der Waals surface area contributed by atoms with Crippen LogP contribution < -0.4 is 10.6 Å². The normalized spacial score (nSPS) is 27.8. The number of benzene rings is 1. The van der Waals surface area contributed by atoms with Crippen molar-refractivity contribution in [2.75, 3.05) is 26.2 Å². The minimum absolute atomic E-state index is 0.0188. The lowest BCUT2D eigenvalue weighted by Crippen LogP contribution is -2.48. The highest BCUT2D eigenvalue weighted by molar-refractivity contribution is 5.78. The SMILES string of the molecule is CC(=O)N[C@@H]1C[C@@H]2CN(CC(=O)NCCc3ccc(F)cc3)C[C@@H]2C[C@H]1O. The Morgan fingerprint density at radius 1 is 1.19 bits per heavy atom. The van der Waals surface area contributed by atoms with Gasteiger partial charge in [0.2, 0.25) is 11.8 Å². The summed E-state index contributed by atoms with van der Waals surface area (Å²) in [7, 11) is 0. The first kappa shape index (κ1) is 19.8. The summed E-state index contributed by atoms with van der Waals surface area (Å²) in [6, 6.07) is 6.11. The topological polar surface area (TPSA) is 81.7 Å². The average molecular weight is 377 g/mol. The zero-order chi connectivity index (χ0) is 19.4. The van der Waals surface area contributed by atoms with Gasteiger partial charge in [0.15, 0.2) is 0 Å². The third-order valence-electron chi connectivity index (χ3n) is 5.62. The molecule has 1 aromatic carbocycles. The summed E-state index contributed by atoms with van der Waals surface area (Å²) in [5.74, 6) is 0.376. The highest BCUT2D eigenvalue weighted by atomic mass is 19.1. The van der Waals surface area contributed by atoms with E-state index in [1.807, 2.05) is 0 Å². The third-order valence-corrected chi connectivity index (χ3v) is 5.62. The minimum Gasteiger partial charge on any atom is -0.391 e. The molecule has 148 valence electrons. The van der Waals surface area contributed by atoms with Gasteiger partial charge < -0.3 is 15.7 Å². The van der Waals surface area contributed by atoms with E-state index in [2.05, 4.69) is 15.5 Å². The predicted octanol–water partition coefficient (Wildman–Crippen LogP) is 0.692. The Hall–Kier alpha value is -1.99. The van der Waals surface area contributed by atoms with Gasteiger partial charge in [0.25, 0.3) is 0 Å². The van der Waals surface area contributed by atoms with Gasteiger partial charge >= 0.3 is 0 Å². The lowest BCUT2D eigenvalue weighted by molar-refractivity contribution is -0.122. The number of fused-ring (bicyclic) bond motifs is 1. The molecule has 3 N–H and O–H groups in total. The number of amides is 2. The van der Waals surface area contributed by atoms with E-state index in [1.54, 1.807) is 12.1 Å². The Morgan fingerprint density at radius 2 is 1.85 bits per heavy atom. The lowest BCUT2D eigenvalue weighted by atomic mass is 9.77. The highest BCUT2D eigenvalue weighted by Crippen LogP contribution is 2.36. The van der Waals surface area contributed by atoms with Crippen molar-refractivity contribution >= 4 is 11.8 Å². The summed E-state index contributed by atoms with van der Waals surface area (Å²) >= 11 is 0. The number of carbonyl (C=O) groups is 2. The molecule has 1 aliphatic carbocycles. The summed E-state index contributed by atoms with van der Waals surface area (Å²) in [5.41, 5.74) is 0.988. The van der Waals surface area contributed by atoms with Crippen molar-refractivity contribution in [3.63, 3.8) is 0 Å². The van der Waals surface area contributed by atoms with Gasteiger partial charge in [-0.25, -0.2) is 4.39 Å². The number of carbonyl (C=O) groups excluding carboxylic acids is 2. The molecule has 27 heavy (non-hydrogen) atoms. The van der Waals surface area contributed by atoms with Crippen molar-refractivity contribution in [3.8, 4) is 0 Å². The van der Waals surface area contributed by atoms with Crippen molar-refractivity contribution in [3.05, 3.63) is 35.6 Å². The molecule has 0 bridgehead atoms. The molecule has 2 aliphatic rings. The Kier molecular flexibility index (Phi) is 6.44. The Balaban J connectivity index is 1.40. The van der Waals surface area contributed by atoms with Crippen LogP contribution in [-0.2, 0) is 16.0 Å². The number of nitrogens with zero attached hydrogens (tertiary/aromatic N) is 1. The largest absolute Gasteiger partial charge is 0.391 e. The van der Waals surface area contributed by atoms with Crippen LogP contribution in [0.4, 0.5) is 4.39 Å². The van der Waals surface area contributed by atoms with E-state index >= 15 is 0 Å². The van der Waals surface area contributed by atoms with Crippen molar-refractivity contribution in [2.45, 2.75) is 38.3 Å². The molecule has 1 aliphatic heterocycles. The second kappa shape index (κ2) is 8.80. The first-order chi connectivity index (χ1) is 12.9. The molecular formula is C20H28FN3O3. The van der Waals surface area contributed by atoms with Crippen LogP contribution in [0.5, 0.6) is 0 Å². The van der Waals surface area contributed by atoms with Crippen LogP contribution >= 0.6 is 0 Å². The van der Waals surface area contributed by atoms with Gasteiger partial charge in [0, 0.05) is 26.6 Å². The van der Waals surface area contributed by atoms with Crippen LogP contribution in [0.3, 0.4) is 0 Å². The molecule has 0 radical (unpaired) electrons. The molecule has 0 aromatic heterocycles. The number of aliphatic hydroxyl groups excluding tert-OH is 1. The van der Waals surface area contributed by atoms with Crippen molar-refractivity contribution in [1.82, 2.24) is 15.5 Å². The molecule has 4 atom stereocenters. The molecule has 3 rings (SSSR count). The molecule has 0 unspecified atom stereocenters. The minimum atomic E-state index is -0.514. The van der Waals surface area contributed by atoms with Crippen LogP contribution in [0, 0.1) is 17.7 Å². The van der Waals surface area contributed by atoms with Crippen LogP contribution in [0.2, 0.25) is 0 Å². The Morgan fingerprint density at radius 3 is 2.52 bits per heavy atom. The monoisotopic (exact) mass is 377 g/mol. The highest BCUT2D eigenvalue weighted by Gasteiger charge is 2.42. The average Bonchev–Trinajstić information content (AvgIpc) is 2.97. The van der Waals surface area contributed by atoms with Gasteiger partial charge in [0.1, 0.15) is 5.82 Å². The maximum absolute atomic E-state index is 12.9. The summed E-state index contributed by atoms with van der Waals surface area (Å²) in [6.07, 6.45) is 1.58. The fourth-order valence-corrected chi connectivity index (χ4v) is 4.33. The number of nitrogens with one attached hydrogen (secondary N) is 2. The van der Waals surface area contributed by atoms with Gasteiger partial charge in [-0.1, -0.05) is 12.1 Å². The molecule has 1 saturated heterocycles. The van der Waals surface area contributed by atoms with E-state index in [9.17, 15) is 19.1 Å². The van der Waals surface area contributed by atoms with E-state index in [0.717, 1.165) is 25.1 Å². The van der Waals surface area contributed by atoms with Gasteiger partial charge in [-0.3, -0.25) is 14.5 Å². The van der Waals surface area contributed by atoms with Crippen LogP contribution in [0.25, 0.3) is 0 Å². The fourth-order valence-electron chi connectivity index (χ4n) is 4.33. The van der Waals surface area contributed by atoms with E-state index in [-0.39, 0.29) is 23.7 Å². The number of likely N-dealkylation sites (tertiary alicyclic amines) is 1. The summed E-state index contributed by atoms with van der Waals surface area (Å²) in [5, 5.41) is 16.0. The first-order valence-corrected chi connectivity index (χ1v) is 9.59. The summed E-state index contributed by atoms with van der Waals surface area (Å²) < 4.78 is 12.9. The molecular weight excluding hydrogens is 349 g/mol. The van der Waals surface area contributed by atoms with Gasteiger partial charge in [-0.2, -0.15) is 0 Å². The second-order valence-corrected chi connectivity index (χ2v) is 7.79. The molecule has 1 heterocycles. The quantitative estimate of drug-likeness (QED) is 0.681. The number of hydrogen-bond acceptors (Lipinski definition) is 4. The standard InChI is InChI=1S/C20H28FN3O3/c1-13(25)23-18-8-15-10-24(11-16(15)9-19(18)26)12-20(27)22-7-6-14-2-4-17(21)5-3-14/h2-5,15-16,18-19,26H,6-12H2,1H3,(H,22,27)(H,23,25)/t15-,16+,18-,19-/m1/s1. The van der Waals surface area contributed by atoms with E-state index < -0.39 is 6.10 Å². The maximum Gasteiger partial charge on any atom is 0.234 e. The van der Waals surface area contributed by atoms with Crippen molar-refractivity contribution < 1.29 is 19.1 Å². The summed E-state index contributed by atoms with van der Waals surface area (Å²) in [4.78, 5) is 25.6. The molecule has 0 spiro atoms. The van der Waals surface area contributed by atoms with Crippen LogP contribution in [0.1, 0.15) is 25.3 Å². The fraction of sp³-hybridized carbons (Fsp3) is 0.600. The zero-order valence-corrected chi connectivity index (χ0v) is 15.7. The van der Waals surface area contributed by atoms with Gasteiger partial charge in [-0.15, -0.1) is 0 Å². The van der Waals surface area contributed by atoms with Gasteiger partial charge in [-0.05, 0) is 48.8 Å². The maximum atomic E-state index is 12.9. The molecule has 1 aromatic rings. The molecule has 6 nitrogen and oxygen atoms in total. The second-order valence-electron chi connectivity index (χ2n) is 7.79. The number of aliphatic hydroxyl groups is 1. The smallest absolute Gasteiger partial charge is 0.234 e. The molecule has 7 heteroatoms. The number of rotatable bonds is 6. The molecule has 2 amide bonds. The predicted molar refractivity (Wildman–Crippen MR) is 99.4 cm³/mol. The van der Waals surface area contributed by atoms with Crippen LogP contribution in [-0.4, -0.2) is 60.1 Å². The van der Waals surface area contributed by atoms with Crippen molar-refractivity contribution in [2.24, 2.45) is 11.8 Å². The Bertz CT molecular complexity index is 667. The lowest BCUT2D eigenvalue weighted by Gasteiger charge is -2.35. The Labute approximate surface area is 159 Å². The zero-order valence-electron chi connectivity index (χ0n) is 15.7. The van der Waals surface area contributed by atoms with Crippen LogP contribution in [0.15, 0.2) is 24.3 Å². The number of hydrogen-bond donors (Lipinski definition) is 3. The van der Waals surface area contributed by atoms with E-state index in [4.69, 9.17) is 0 Å². The molecule has 2 fully saturated rings. The number of halogens is 1. The van der Waals surface area contributed by atoms with Crippen molar-refractivity contribution in [1.29, 1.82) is 0 Å². The molecule has 1 saturated carbocycles. The third kappa shape index (κ3) is 5.49. The van der Waals surface area contributed by atoms with E-state index in [1.165, 1.54) is 19.1 Å². The van der Waals surface area contributed by atoms with E-state index in [0.29, 0.717) is 37.8 Å².